The Morgan fingerprint density at radius 2 is 2.19 bits per heavy atom. The molecule has 0 aliphatic heterocycles. The van der Waals surface area contributed by atoms with Crippen molar-refractivity contribution in [3.63, 3.8) is 0 Å². The molecule has 1 aromatic carbocycles. The predicted octanol–water partition coefficient (Wildman–Crippen LogP) is 2.94. The van der Waals surface area contributed by atoms with Gasteiger partial charge in [-0.1, -0.05) is 6.07 Å². The summed E-state index contributed by atoms with van der Waals surface area (Å²) < 4.78 is 13.7. The highest BCUT2D eigenvalue weighted by Crippen LogP contribution is 2.19. The van der Waals surface area contributed by atoms with E-state index in [1.165, 1.54) is 29.5 Å². The first kappa shape index (κ1) is 14.9. The van der Waals surface area contributed by atoms with E-state index in [4.69, 9.17) is 5.11 Å². The van der Waals surface area contributed by atoms with Crippen LogP contribution in [0.15, 0.2) is 30.5 Å². The van der Waals surface area contributed by atoms with E-state index in [-0.39, 0.29) is 5.56 Å². The second kappa shape index (κ2) is 6.27. The molecule has 2 N–H and O–H groups in total. The maximum absolute atomic E-state index is 13.7. The third-order valence-electron chi connectivity index (χ3n) is 2.50. The SMILES string of the molecule is Cc1cnc(NC(=O)c2cc(C=CC(=O)O)ccc2F)s1. The van der Waals surface area contributed by atoms with Crippen LogP contribution < -0.4 is 5.32 Å². The van der Waals surface area contributed by atoms with Crippen molar-refractivity contribution >= 4 is 34.4 Å². The fourth-order valence-corrected chi connectivity index (χ4v) is 2.22. The van der Waals surface area contributed by atoms with Crippen molar-refractivity contribution in [3.05, 3.63) is 52.3 Å². The molecule has 2 aromatic rings. The number of anilines is 1. The summed E-state index contributed by atoms with van der Waals surface area (Å²) in [4.78, 5) is 27.4. The molecule has 0 aliphatic rings. The second-order valence-electron chi connectivity index (χ2n) is 4.14. The summed E-state index contributed by atoms with van der Waals surface area (Å²) in [6.07, 6.45) is 3.80. The Morgan fingerprint density at radius 3 is 2.81 bits per heavy atom. The number of rotatable bonds is 4. The van der Waals surface area contributed by atoms with Crippen molar-refractivity contribution in [3.8, 4) is 0 Å². The standard InChI is InChI=1S/C14H11FN2O3S/c1-8-7-16-14(21-8)17-13(20)10-6-9(2-4-11(10)15)3-5-12(18)19/h2-7H,1H3,(H,18,19)(H,16,17,20). The Bertz CT molecular complexity index is 725. The minimum atomic E-state index is -1.12. The first-order valence-corrected chi connectivity index (χ1v) is 6.71. The third-order valence-corrected chi connectivity index (χ3v) is 3.32. The zero-order chi connectivity index (χ0) is 15.4. The number of amides is 1. The van der Waals surface area contributed by atoms with E-state index < -0.39 is 17.7 Å². The Labute approximate surface area is 123 Å². The van der Waals surface area contributed by atoms with Gasteiger partial charge < -0.3 is 5.11 Å². The molecule has 1 aromatic heterocycles. The number of halogens is 1. The van der Waals surface area contributed by atoms with Crippen molar-refractivity contribution in [1.82, 2.24) is 4.98 Å². The average Bonchev–Trinajstić information content (AvgIpc) is 2.83. The van der Waals surface area contributed by atoms with E-state index in [1.807, 2.05) is 6.92 Å². The Morgan fingerprint density at radius 1 is 1.43 bits per heavy atom. The van der Waals surface area contributed by atoms with Crippen molar-refractivity contribution in [2.75, 3.05) is 5.32 Å². The lowest BCUT2D eigenvalue weighted by Crippen LogP contribution is -2.13. The Hall–Kier alpha value is -2.54. The first-order valence-electron chi connectivity index (χ1n) is 5.90. The van der Waals surface area contributed by atoms with Crippen LogP contribution in [0.2, 0.25) is 0 Å². The van der Waals surface area contributed by atoms with E-state index in [2.05, 4.69) is 10.3 Å². The number of carbonyl (C=O) groups is 2. The number of nitrogens with one attached hydrogen (secondary N) is 1. The van der Waals surface area contributed by atoms with Gasteiger partial charge in [-0.2, -0.15) is 0 Å². The van der Waals surface area contributed by atoms with Gasteiger partial charge in [-0.05, 0) is 30.7 Å². The van der Waals surface area contributed by atoms with Gasteiger partial charge in [0.15, 0.2) is 5.13 Å². The Balaban J connectivity index is 2.23. The number of nitrogens with zero attached hydrogens (tertiary/aromatic N) is 1. The van der Waals surface area contributed by atoms with Gasteiger partial charge in [-0.3, -0.25) is 10.1 Å². The van der Waals surface area contributed by atoms with E-state index in [0.29, 0.717) is 10.7 Å². The molecule has 5 nitrogen and oxygen atoms in total. The largest absolute Gasteiger partial charge is 0.478 e. The summed E-state index contributed by atoms with van der Waals surface area (Å²) in [7, 11) is 0. The molecule has 108 valence electrons. The quantitative estimate of drug-likeness (QED) is 0.851. The minimum Gasteiger partial charge on any atom is -0.478 e. The van der Waals surface area contributed by atoms with E-state index >= 15 is 0 Å². The second-order valence-corrected chi connectivity index (χ2v) is 5.38. The number of aromatic nitrogens is 1. The van der Waals surface area contributed by atoms with Crippen LogP contribution in [0.4, 0.5) is 9.52 Å². The van der Waals surface area contributed by atoms with Crippen molar-refractivity contribution in [1.29, 1.82) is 0 Å². The molecular weight excluding hydrogens is 295 g/mol. The van der Waals surface area contributed by atoms with Crippen LogP contribution in [0.5, 0.6) is 0 Å². The number of hydrogen-bond donors (Lipinski definition) is 2. The lowest BCUT2D eigenvalue weighted by atomic mass is 10.1. The number of hydrogen-bond acceptors (Lipinski definition) is 4. The fraction of sp³-hybridized carbons (Fsp3) is 0.0714. The smallest absolute Gasteiger partial charge is 0.328 e. The maximum Gasteiger partial charge on any atom is 0.328 e. The normalized spacial score (nSPS) is 10.8. The van der Waals surface area contributed by atoms with Crippen molar-refractivity contribution < 1.29 is 19.1 Å². The summed E-state index contributed by atoms with van der Waals surface area (Å²) in [6, 6.07) is 3.78. The monoisotopic (exact) mass is 306 g/mol. The van der Waals surface area contributed by atoms with Gasteiger partial charge >= 0.3 is 5.97 Å². The molecule has 21 heavy (non-hydrogen) atoms. The lowest BCUT2D eigenvalue weighted by molar-refractivity contribution is -0.131. The highest BCUT2D eigenvalue weighted by molar-refractivity contribution is 7.15. The molecule has 0 aliphatic carbocycles. The molecule has 0 fully saturated rings. The van der Waals surface area contributed by atoms with Gasteiger partial charge in [0, 0.05) is 17.2 Å². The van der Waals surface area contributed by atoms with E-state index in [9.17, 15) is 14.0 Å². The third kappa shape index (κ3) is 3.96. The molecular formula is C14H11FN2O3S. The predicted molar refractivity (Wildman–Crippen MR) is 77.9 cm³/mol. The average molecular weight is 306 g/mol. The van der Waals surface area contributed by atoms with Gasteiger partial charge in [0.25, 0.3) is 5.91 Å². The number of aryl methyl sites for hydroxylation is 1. The molecule has 0 unspecified atom stereocenters. The number of aliphatic carboxylic acids is 1. The van der Waals surface area contributed by atoms with Crippen molar-refractivity contribution in [2.24, 2.45) is 0 Å². The number of benzene rings is 1. The molecule has 0 saturated heterocycles. The van der Waals surface area contributed by atoms with Crippen LogP contribution in [0, 0.1) is 12.7 Å². The van der Waals surface area contributed by atoms with Crippen LogP contribution in [-0.4, -0.2) is 22.0 Å². The highest BCUT2D eigenvalue weighted by Gasteiger charge is 2.13. The number of thiazole rings is 1. The van der Waals surface area contributed by atoms with Crippen LogP contribution in [0.1, 0.15) is 20.8 Å². The molecule has 0 bridgehead atoms. The molecule has 0 spiro atoms. The molecule has 1 heterocycles. The summed E-state index contributed by atoms with van der Waals surface area (Å²) in [5, 5.41) is 11.4. The van der Waals surface area contributed by atoms with Gasteiger partial charge in [-0.25, -0.2) is 14.2 Å². The first-order chi connectivity index (χ1) is 9.95. The van der Waals surface area contributed by atoms with Gasteiger partial charge in [0.2, 0.25) is 0 Å². The molecule has 0 saturated carbocycles. The van der Waals surface area contributed by atoms with Gasteiger partial charge in [-0.15, -0.1) is 11.3 Å². The summed E-state index contributed by atoms with van der Waals surface area (Å²) in [5.41, 5.74) is 0.245. The van der Waals surface area contributed by atoms with Gasteiger partial charge in [0.05, 0.1) is 5.56 Å². The van der Waals surface area contributed by atoms with Crippen molar-refractivity contribution in [2.45, 2.75) is 6.92 Å². The lowest BCUT2D eigenvalue weighted by Gasteiger charge is -2.04. The summed E-state index contributed by atoms with van der Waals surface area (Å²) in [5.74, 6) is -2.44. The number of carbonyl (C=O) groups excluding carboxylic acids is 1. The molecule has 7 heteroatoms. The summed E-state index contributed by atoms with van der Waals surface area (Å²) in [6.45, 7) is 1.84. The zero-order valence-corrected chi connectivity index (χ0v) is 11.8. The zero-order valence-electron chi connectivity index (χ0n) is 11.0. The van der Waals surface area contributed by atoms with Crippen LogP contribution in [0.3, 0.4) is 0 Å². The maximum atomic E-state index is 13.7. The van der Waals surface area contributed by atoms with E-state index in [1.54, 1.807) is 6.20 Å². The Kier molecular flexibility index (Phi) is 4.44. The van der Waals surface area contributed by atoms with Gasteiger partial charge in [0.1, 0.15) is 5.82 Å². The van der Waals surface area contributed by atoms with Crippen LogP contribution in [-0.2, 0) is 4.79 Å². The molecule has 2 rings (SSSR count). The van der Waals surface area contributed by atoms with E-state index in [0.717, 1.165) is 17.0 Å². The molecule has 0 atom stereocenters. The topological polar surface area (TPSA) is 79.3 Å². The fourth-order valence-electron chi connectivity index (χ4n) is 1.57. The van der Waals surface area contributed by atoms with Crippen LogP contribution in [0.25, 0.3) is 6.08 Å². The number of carboxylic acids is 1. The molecule has 1 amide bonds. The summed E-state index contributed by atoms with van der Waals surface area (Å²) >= 11 is 1.28. The van der Waals surface area contributed by atoms with Crippen LogP contribution >= 0.6 is 11.3 Å². The minimum absolute atomic E-state index is 0.171. The molecule has 0 radical (unpaired) electrons. The highest BCUT2D eigenvalue weighted by atomic mass is 32.1. The number of carboxylic acid groups (broad SMARTS) is 1.